The van der Waals surface area contributed by atoms with Crippen LogP contribution in [0.3, 0.4) is 0 Å². The van der Waals surface area contributed by atoms with Crippen LogP contribution < -0.4 is 5.32 Å². The van der Waals surface area contributed by atoms with Crippen LogP contribution in [0.25, 0.3) is 10.1 Å². The fraction of sp³-hybridized carbons (Fsp3) is 0.400. The van der Waals surface area contributed by atoms with E-state index in [-0.39, 0.29) is 11.8 Å². The van der Waals surface area contributed by atoms with E-state index >= 15 is 0 Å². The minimum Gasteiger partial charge on any atom is -0.317 e. The molecule has 0 spiro atoms. The Morgan fingerprint density at radius 1 is 1.17 bits per heavy atom. The largest absolute Gasteiger partial charge is 0.317 e. The summed E-state index contributed by atoms with van der Waals surface area (Å²) in [6.45, 7) is 0. The van der Waals surface area contributed by atoms with Crippen molar-refractivity contribution in [1.82, 2.24) is 0 Å². The lowest BCUT2D eigenvalue weighted by atomic mass is 9.89. The summed E-state index contributed by atoms with van der Waals surface area (Å²) in [5, 5.41) is 5.27. The maximum Gasteiger partial charge on any atom is 0.228 e. The van der Waals surface area contributed by atoms with Crippen molar-refractivity contribution in [3.8, 4) is 0 Å². The number of nitrogens with one attached hydrogen (secondary N) is 1. The number of hydrogen-bond donors (Lipinski definition) is 1. The lowest BCUT2D eigenvalue weighted by Gasteiger charge is -2.20. The number of thiophene rings is 1. The van der Waals surface area contributed by atoms with Gasteiger partial charge < -0.3 is 5.32 Å². The molecule has 3 heteroatoms. The Morgan fingerprint density at radius 2 is 1.94 bits per heavy atom. The molecule has 1 amide bonds. The van der Waals surface area contributed by atoms with E-state index in [0.29, 0.717) is 0 Å². The molecule has 0 atom stereocenters. The zero-order valence-electron chi connectivity index (χ0n) is 10.3. The van der Waals surface area contributed by atoms with Crippen LogP contribution >= 0.6 is 11.3 Å². The van der Waals surface area contributed by atoms with Crippen molar-refractivity contribution in [2.24, 2.45) is 5.92 Å². The zero-order valence-corrected chi connectivity index (χ0v) is 11.1. The Morgan fingerprint density at radius 3 is 2.72 bits per heavy atom. The molecule has 1 N–H and O–H groups in total. The minimum atomic E-state index is 0.209. The normalized spacial score (nSPS) is 16.9. The Bertz CT molecular complexity index is 521. The number of fused-ring (bicyclic) bond motifs is 1. The first-order chi connectivity index (χ1) is 8.83. The third kappa shape index (κ3) is 2.41. The monoisotopic (exact) mass is 259 g/mol. The average Bonchev–Trinajstić information content (AvgIpc) is 2.82. The van der Waals surface area contributed by atoms with E-state index in [9.17, 15) is 4.79 Å². The van der Waals surface area contributed by atoms with E-state index in [2.05, 4.69) is 23.5 Å². The number of amides is 1. The van der Waals surface area contributed by atoms with Crippen molar-refractivity contribution in [2.45, 2.75) is 32.1 Å². The molecule has 1 aromatic heterocycles. The molecule has 1 heterocycles. The topological polar surface area (TPSA) is 29.1 Å². The van der Waals surface area contributed by atoms with E-state index < -0.39 is 0 Å². The van der Waals surface area contributed by atoms with Crippen molar-refractivity contribution in [3.63, 3.8) is 0 Å². The Balaban J connectivity index is 1.73. The third-order valence-electron chi connectivity index (χ3n) is 3.65. The molecule has 0 saturated heterocycles. The number of rotatable bonds is 2. The van der Waals surface area contributed by atoms with Gasteiger partial charge in [0.1, 0.15) is 0 Å². The second-order valence-electron chi connectivity index (χ2n) is 4.97. The third-order valence-corrected chi connectivity index (χ3v) is 4.68. The summed E-state index contributed by atoms with van der Waals surface area (Å²) < 4.78 is 1.23. The SMILES string of the molecule is O=C(Nc1cc2ccccc2s1)C1CCCCC1. The highest BCUT2D eigenvalue weighted by Gasteiger charge is 2.21. The van der Waals surface area contributed by atoms with Crippen molar-refractivity contribution in [2.75, 3.05) is 5.32 Å². The van der Waals surface area contributed by atoms with E-state index in [0.717, 1.165) is 17.8 Å². The van der Waals surface area contributed by atoms with E-state index in [1.165, 1.54) is 29.3 Å². The molecule has 0 radical (unpaired) electrons. The van der Waals surface area contributed by atoms with Gasteiger partial charge in [0.2, 0.25) is 5.91 Å². The van der Waals surface area contributed by atoms with Gasteiger partial charge in [-0.15, -0.1) is 11.3 Å². The summed E-state index contributed by atoms with van der Waals surface area (Å²) >= 11 is 1.66. The molecule has 1 fully saturated rings. The van der Waals surface area contributed by atoms with Crippen molar-refractivity contribution >= 4 is 32.3 Å². The highest BCUT2D eigenvalue weighted by atomic mass is 32.1. The average molecular weight is 259 g/mol. The van der Waals surface area contributed by atoms with Crippen molar-refractivity contribution in [3.05, 3.63) is 30.3 Å². The summed E-state index contributed by atoms with van der Waals surface area (Å²) in [6.07, 6.45) is 5.79. The lowest BCUT2D eigenvalue weighted by Crippen LogP contribution is -2.24. The van der Waals surface area contributed by atoms with Crippen LogP contribution in [0.2, 0.25) is 0 Å². The summed E-state index contributed by atoms with van der Waals surface area (Å²) in [4.78, 5) is 12.1. The van der Waals surface area contributed by atoms with Crippen molar-refractivity contribution in [1.29, 1.82) is 0 Å². The molecule has 2 nitrogen and oxygen atoms in total. The number of hydrogen-bond acceptors (Lipinski definition) is 2. The fourth-order valence-corrected chi connectivity index (χ4v) is 3.60. The van der Waals surface area contributed by atoms with Crippen LogP contribution in [-0.2, 0) is 4.79 Å². The number of benzene rings is 1. The second-order valence-corrected chi connectivity index (χ2v) is 6.06. The highest BCUT2D eigenvalue weighted by molar-refractivity contribution is 7.22. The van der Waals surface area contributed by atoms with Gasteiger partial charge in [0, 0.05) is 10.6 Å². The van der Waals surface area contributed by atoms with E-state index in [1.54, 1.807) is 11.3 Å². The van der Waals surface area contributed by atoms with E-state index in [4.69, 9.17) is 0 Å². The van der Waals surface area contributed by atoms with Gasteiger partial charge in [0.05, 0.1) is 5.00 Å². The first-order valence-electron chi connectivity index (χ1n) is 6.62. The molecule has 1 saturated carbocycles. The molecule has 2 aromatic rings. The maximum atomic E-state index is 12.1. The predicted octanol–water partition coefficient (Wildman–Crippen LogP) is 4.42. The van der Waals surface area contributed by atoms with E-state index in [1.807, 2.05) is 12.1 Å². The van der Waals surface area contributed by atoms with Gasteiger partial charge in [-0.2, -0.15) is 0 Å². The lowest BCUT2D eigenvalue weighted by molar-refractivity contribution is -0.120. The number of carbonyl (C=O) groups excluding carboxylic acids is 1. The Hall–Kier alpha value is -1.35. The number of anilines is 1. The zero-order chi connectivity index (χ0) is 12.4. The van der Waals surface area contributed by atoms with Crippen LogP contribution in [0.15, 0.2) is 30.3 Å². The maximum absolute atomic E-state index is 12.1. The van der Waals surface area contributed by atoms with Crippen LogP contribution in [0, 0.1) is 5.92 Å². The molecule has 0 bridgehead atoms. The second kappa shape index (κ2) is 5.11. The smallest absolute Gasteiger partial charge is 0.228 e. The van der Waals surface area contributed by atoms with Crippen molar-refractivity contribution < 1.29 is 4.79 Å². The molecule has 18 heavy (non-hydrogen) atoms. The molecular weight excluding hydrogens is 242 g/mol. The van der Waals surface area contributed by atoms with Gasteiger partial charge >= 0.3 is 0 Å². The molecule has 94 valence electrons. The van der Waals surface area contributed by atoms with Crippen LogP contribution in [0.5, 0.6) is 0 Å². The highest BCUT2D eigenvalue weighted by Crippen LogP contribution is 2.31. The minimum absolute atomic E-state index is 0.209. The first kappa shape index (κ1) is 11.7. The molecule has 0 aliphatic heterocycles. The van der Waals surface area contributed by atoms with Gasteiger partial charge in [0.15, 0.2) is 0 Å². The predicted molar refractivity (Wildman–Crippen MR) is 77.0 cm³/mol. The van der Waals surface area contributed by atoms with Crippen LogP contribution in [0.1, 0.15) is 32.1 Å². The van der Waals surface area contributed by atoms with Gasteiger partial charge in [0.25, 0.3) is 0 Å². The molecule has 1 aliphatic carbocycles. The molecular formula is C15H17NOS. The molecule has 1 aromatic carbocycles. The summed E-state index contributed by atoms with van der Waals surface area (Å²) in [7, 11) is 0. The van der Waals surface area contributed by atoms with Gasteiger partial charge in [-0.25, -0.2) is 0 Å². The van der Waals surface area contributed by atoms with Gasteiger partial charge in [-0.1, -0.05) is 37.5 Å². The Labute approximate surface area is 111 Å². The fourth-order valence-electron chi connectivity index (χ4n) is 2.63. The standard InChI is InChI=1S/C15H17NOS/c17-15(11-6-2-1-3-7-11)16-14-10-12-8-4-5-9-13(12)18-14/h4-5,8-11H,1-3,6-7H2,(H,16,17). The first-order valence-corrected chi connectivity index (χ1v) is 7.44. The number of carbonyl (C=O) groups is 1. The quantitative estimate of drug-likeness (QED) is 0.849. The molecule has 0 unspecified atom stereocenters. The Kier molecular flexibility index (Phi) is 3.33. The summed E-state index contributed by atoms with van der Waals surface area (Å²) in [6, 6.07) is 10.3. The molecule has 3 rings (SSSR count). The summed E-state index contributed by atoms with van der Waals surface area (Å²) in [5.41, 5.74) is 0. The van der Waals surface area contributed by atoms with Gasteiger partial charge in [-0.05, 0) is 30.4 Å². The van der Waals surface area contributed by atoms with Crippen LogP contribution in [-0.4, -0.2) is 5.91 Å². The van der Waals surface area contributed by atoms with Crippen LogP contribution in [0.4, 0.5) is 5.00 Å². The molecule has 1 aliphatic rings. The van der Waals surface area contributed by atoms with Gasteiger partial charge in [-0.3, -0.25) is 4.79 Å². The summed E-state index contributed by atoms with van der Waals surface area (Å²) in [5.74, 6) is 0.435.